The van der Waals surface area contributed by atoms with Gasteiger partial charge in [0.25, 0.3) is 0 Å². The van der Waals surface area contributed by atoms with Gasteiger partial charge in [0, 0.05) is 11.1 Å². The predicted molar refractivity (Wildman–Crippen MR) is 152 cm³/mol. The van der Waals surface area contributed by atoms with Crippen LogP contribution in [0.1, 0.15) is 22.3 Å². The van der Waals surface area contributed by atoms with Crippen molar-refractivity contribution in [2.45, 2.75) is 25.2 Å². The SMILES string of the molecule is C[Si](C)(C)OC1(C#N)C(c2ccccc2)=C(c2ccccc2)C(c2ccccc2)=C1c1ccccc1. The first-order valence-corrected chi connectivity index (χ1v) is 15.7. The summed E-state index contributed by atoms with van der Waals surface area (Å²) in [6.45, 7) is 6.46. The van der Waals surface area contributed by atoms with E-state index >= 15 is 0 Å². The first kappa shape index (κ1) is 23.8. The number of rotatable bonds is 6. The third-order valence-electron chi connectivity index (χ3n) is 6.32. The zero-order chi connectivity index (χ0) is 25.2. The molecule has 2 nitrogen and oxygen atoms in total. The van der Waals surface area contributed by atoms with Gasteiger partial charge in [0.05, 0.1) is 0 Å². The van der Waals surface area contributed by atoms with E-state index in [0.29, 0.717) is 0 Å². The Balaban J connectivity index is 2.00. The highest BCUT2D eigenvalue weighted by Gasteiger charge is 2.52. The topological polar surface area (TPSA) is 33.0 Å². The molecule has 36 heavy (non-hydrogen) atoms. The Morgan fingerprint density at radius 1 is 0.528 bits per heavy atom. The first-order chi connectivity index (χ1) is 17.4. The van der Waals surface area contributed by atoms with E-state index in [1.807, 2.05) is 48.5 Å². The molecule has 0 heterocycles. The molecule has 0 N–H and O–H groups in total. The number of hydrogen-bond acceptors (Lipinski definition) is 2. The average molecular weight is 484 g/mol. The summed E-state index contributed by atoms with van der Waals surface area (Å²) >= 11 is 0. The summed E-state index contributed by atoms with van der Waals surface area (Å²) in [5.41, 5.74) is 6.79. The Labute approximate surface area is 215 Å². The van der Waals surface area contributed by atoms with Gasteiger partial charge in [-0.05, 0) is 53.0 Å². The number of hydrogen-bond donors (Lipinski definition) is 0. The second-order valence-corrected chi connectivity index (χ2v) is 14.4. The Morgan fingerprint density at radius 2 is 0.833 bits per heavy atom. The van der Waals surface area contributed by atoms with E-state index in [9.17, 15) is 5.26 Å². The van der Waals surface area contributed by atoms with E-state index in [1.165, 1.54) is 0 Å². The Hall–Kier alpha value is -3.97. The average Bonchev–Trinajstić information content (AvgIpc) is 3.20. The van der Waals surface area contributed by atoms with Gasteiger partial charge in [-0.15, -0.1) is 0 Å². The van der Waals surface area contributed by atoms with Gasteiger partial charge in [0.2, 0.25) is 0 Å². The molecule has 0 aromatic heterocycles. The summed E-state index contributed by atoms with van der Waals surface area (Å²) in [6, 6.07) is 44.1. The lowest BCUT2D eigenvalue weighted by molar-refractivity contribution is 0.243. The minimum atomic E-state index is -2.22. The summed E-state index contributed by atoms with van der Waals surface area (Å²) in [6.07, 6.45) is 0. The molecule has 0 aliphatic heterocycles. The van der Waals surface area contributed by atoms with Crippen LogP contribution in [0.3, 0.4) is 0 Å². The zero-order valence-electron chi connectivity index (χ0n) is 20.9. The molecular weight excluding hydrogens is 454 g/mol. The smallest absolute Gasteiger partial charge is 0.198 e. The van der Waals surface area contributed by atoms with Crippen molar-refractivity contribution in [1.29, 1.82) is 5.26 Å². The molecule has 3 heteroatoms. The minimum absolute atomic E-state index is 0.914. The van der Waals surface area contributed by atoms with E-state index in [0.717, 1.165) is 44.5 Å². The third-order valence-corrected chi connectivity index (χ3v) is 7.24. The third kappa shape index (κ3) is 4.26. The van der Waals surface area contributed by atoms with Crippen LogP contribution in [0.5, 0.6) is 0 Å². The van der Waals surface area contributed by atoms with Crippen LogP contribution in [0.25, 0.3) is 22.3 Å². The van der Waals surface area contributed by atoms with Crippen LogP contribution in [0.15, 0.2) is 121 Å². The number of nitriles is 1. The standard InChI is InChI=1S/C33H29NOSi/c1-36(2,3)35-33(24-34)31(27-20-12-6-13-21-27)29(25-16-8-4-9-17-25)30(26-18-10-5-11-19-26)32(33)28-22-14-7-15-23-28/h4-23H,1-3H3. The second-order valence-electron chi connectivity index (χ2n) is 9.97. The predicted octanol–water partition coefficient (Wildman–Crippen LogP) is 8.34. The highest BCUT2D eigenvalue weighted by molar-refractivity contribution is 6.70. The van der Waals surface area contributed by atoms with Crippen molar-refractivity contribution in [3.05, 3.63) is 144 Å². The van der Waals surface area contributed by atoms with Crippen LogP contribution in [0.2, 0.25) is 19.6 Å². The highest BCUT2D eigenvalue weighted by atomic mass is 28.4. The van der Waals surface area contributed by atoms with Crippen LogP contribution in [0, 0.1) is 11.3 Å². The Morgan fingerprint density at radius 3 is 1.11 bits per heavy atom. The highest BCUT2D eigenvalue weighted by Crippen LogP contribution is 2.58. The van der Waals surface area contributed by atoms with E-state index in [4.69, 9.17) is 4.43 Å². The molecule has 0 radical (unpaired) electrons. The molecule has 0 unspecified atom stereocenters. The Bertz CT molecular complexity index is 1360. The molecule has 0 fully saturated rings. The van der Waals surface area contributed by atoms with Gasteiger partial charge >= 0.3 is 0 Å². The molecule has 0 saturated heterocycles. The van der Waals surface area contributed by atoms with E-state index in [-0.39, 0.29) is 0 Å². The van der Waals surface area contributed by atoms with Crippen LogP contribution >= 0.6 is 0 Å². The second kappa shape index (κ2) is 9.58. The maximum Gasteiger partial charge on any atom is 0.198 e. The Kier molecular flexibility index (Phi) is 6.32. The minimum Gasteiger partial charge on any atom is -0.393 e. The fraction of sp³-hybridized carbons (Fsp3) is 0.121. The van der Waals surface area contributed by atoms with Gasteiger partial charge in [-0.2, -0.15) is 5.26 Å². The fourth-order valence-corrected chi connectivity index (χ4v) is 6.28. The van der Waals surface area contributed by atoms with E-state index in [1.54, 1.807) is 0 Å². The van der Waals surface area contributed by atoms with Gasteiger partial charge in [0.1, 0.15) is 6.07 Å². The van der Waals surface area contributed by atoms with Crippen molar-refractivity contribution in [3.63, 3.8) is 0 Å². The molecule has 5 rings (SSSR count). The van der Waals surface area contributed by atoms with E-state index in [2.05, 4.69) is 98.5 Å². The summed E-state index contributed by atoms with van der Waals surface area (Å²) < 4.78 is 7.04. The maximum atomic E-state index is 11.2. The van der Waals surface area contributed by atoms with Gasteiger partial charge in [-0.3, -0.25) is 0 Å². The molecule has 1 aliphatic carbocycles. The molecule has 176 valence electrons. The van der Waals surface area contributed by atoms with Gasteiger partial charge in [-0.1, -0.05) is 121 Å². The zero-order valence-corrected chi connectivity index (χ0v) is 21.9. The van der Waals surface area contributed by atoms with E-state index < -0.39 is 13.9 Å². The molecule has 4 aromatic rings. The van der Waals surface area contributed by atoms with Gasteiger partial charge in [-0.25, -0.2) is 0 Å². The molecule has 0 spiro atoms. The van der Waals surface area contributed by atoms with Crippen molar-refractivity contribution in [3.8, 4) is 6.07 Å². The summed E-state index contributed by atoms with van der Waals surface area (Å²) in [5, 5.41) is 11.2. The molecule has 4 aromatic carbocycles. The largest absolute Gasteiger partial charge is 0.393 e. The van der Waals surface area contributed by atoms with Crippen molar-refractivity contribution >= 4 is 30.6 Å². The van der Waals surface area contributed by atoms with Gasteiger partial charge < -0.3 is 4.43 Å². The number of allylic oxidation sites excluding steroid dienone is 2. The summed E-state index contributed by atoms with van der Waals surface area (Å²) in [4.78, 5) is 0. The summed E-state index contributed by atoms with van der Waals surface area (Å²) in [5.74, 6) is 0. The molecule has 0 atom stereocenters. The lowest BCUT2D eigenvalue weighted by atomic mass is 9.82. The first-order valence-electron chi connectivity index (χ1n) is 12.3. The molecule has 0 bridgehead atoms. The van der Waals surface area contributed by atoms with Crippen LogP contribution in [0.4, 0.5) is 0 Å². The van der Waals surface area contributed by atoms with Crippen LogP contribution < -0.4 is 0 Å². The lowest BCUT2D eigenvalue weighted by Crippen LogP contribution is -2.42. The lowest BCUT2D eigenvalue weighted by Gasteiger charge is -2.36. The molecule has 0 saturated carbocycles. The maximum absolute atomic E-state index is 11.2. The van der Waals surface area contributed by atoms with Crippen LogP contribution in [-0.4, -0.2) is 13.9 Å². The van der Waals surface area contributed by atoms with Crippen molar-refractivity contribution in [2.24, 2.45) is 0 Å². The summed E-state index contributed by atoms with van der Waals surface area (Å²) in [7, 11) is -2.22. The number of nitrogens with zero attached hydrogens (tertiary/aromatic N) is 1. The normalized spacial score (nSPS) is 15.2. The molecule has 0 amide bonds. The van der Waals surface area contributed by atoms with Gasteiger partial charge in [0.15, 0.2) is 13.9 Å². The number of benzene rings is 4. The molecular formula is C33H29NOSi. The quantitative estimate of drug-likeness (QED) is 0.258. The van der Waals surface area contributed by atoms with Crippen molar-refractivity contribution in [1.82, 2.24) is 0 Å². The van der Waals surface area contributed by atoms with Crippen molar-refractivity contribution in [2.75, 3.05) is 0 Å². The molecule has 1 aliphatic rings. The van der Waals surface area contributed by atoms with Crippen molar-refractivity contribution < 1.29 is 4.43 Å². The van der Waals surface area contributed by atoms with Crippen LogP contribution in [-0.2, 0) is 4.43 Å². The monoisotopic (exact) mass is 483 g/mol. The fourth-order valence-electron chi connectivity index (χ4n) is 5.11.